The number of anilines is 1. The number of para-hydroxylation sites is 2. The van der Waals surface area contributed by atoms with E-state index in [1.54, 1.807) is 24.2 Å². The van der Waals surface area contributed by atoms with Gasteiger partial charge in [0.05, 0.1) is 12.3 Å². The van der Waals surface area contributed by atoms with Gasteiger partial charge in [-0.2, -0.15) is 0 Å². The SMILES string of the molecule is CCOc1ccccc1NC(=O)N1CCSC1c1ccncc1. The molecule has 0 radical (unpaired) electrons. The molecule has 3 rings (SSSR count). The van der Waals surface area contributed by atoms with Crippen molar-refractivity contribution in [2.45, 2.75) is 12.3 Å². The minimum absolute atomic E-state index is 0.0252. The van der Waals surface area contributed by atoms with E-state index in [1.807, 2.05) is 48.2 Å². The second-order valence-electron chi connectivity index (χ2n) is 5.06. The molecule has 1 N–H and O–H groups in total. The molecule has 1 aliphatic heterocycles. The van der Waals surface area contributed by atoms with Crippen LogP contribution in [0.2, 0.25) is 0 Å². The van der Waals surface area contributed by atoms with Gasteiger partial charge in [-0.1, -0.05) is 12.1 Å². The monoisotopic (exact) mass is 329 g/mol. The average molecular weight is 329 g/mol. The summed E-state index contributed by atoms with van der Waals surface area (Å²) in [4.78, 5) is 18.6. The van der Waals surface area contributed by atoms with Gasteiger partial charge in [0.25, 0.3) is 0 Å². The van der Waals surface area contributed by atoms with Gasteiger partial charge in [0.1, 0.15) is 11.1 Å². The van der Waals surface area contributed by atoms with Crippen molar-refractivity contribution in [2.24, 2.45) is 0 Å². The first-order valence-corrected chi connectivity index (χ1v) is 8.65. The van der Waals surface area contributed by atoms with Gasteiger partial charge in [0.2, 0.25) is 0 Å². The number of amides is 2. The number of hydrogen-bond acceptors (Lipinski definition) is 4. The van der Waals surface area contributed by atoms with E-state index >= 15 is 0 Å². The number of hydrogen-bond donors (Lipinski definition) is 1. The quantitative estimate of drug-likeness (QED) is 0.928. The maximum atomic E-state index is 12.7. The fourth-order valence-corrected chi connectivity index (χ4v) is 3.78. The van der Waals surface area contributed by atoms with Crippen LogP contribution in [0, 0.1) is 0 Å². The lowest BCUT2D eigenvalue weighted by molar-refractivity contribution is 0.214. The maximum absolute atomic E-state index is 12.7. The Kier molecular flexibility index (Phi) is 5.02. The number of benzene rings is 1. The lowest BCUT2D eigenvalue weighted by Crippen LogP contribution is -2.34. The van der Waals surface area contributed by atoms with Crippen molar-refractivity contribution in [3.63, 3.8) is 0 Å². The van der Waals surface area contributed by atoms with E-state index in [0.717, 1.165) is 17.9 Å². The molecule has 2 heterocycles. The van der Waals surface area contributed by atoms with Gasteiger partial charge in [0.15, 0.2) is 0 Å². The summed E-state index contributed by atoms with van der Waals surface area (Å²) in [5.74, 6) is 1.61. The highest BCUT2D eigenvalue weighted by Gasteiger charge is 2.30. The third-order valence-electron chi connectivity index (χ3n) is 3.57. The summed E-state index contributed by atoms with van der Waals surface area (Å²) >= 11 is 1.76. The first-order chi connectivity index (χ1) is 11.3. The molecule has 120 valence electrons. The predicted octanol–water partition coefficient (Wildman–Crippen LogP) is 3.76. The second kappa shape index (κ2) is 7.37. The van der Waals surface area contributed by atoms with Crippen molar-refractivity contribution in [2.75, 3.05) is 24.2 Å². The molecule has 6 heteroatoms. The molecule has 1 atom stereocenters. The lowest BCUT2D eigenvalue weighted by atomic mass is 10.2. The summed E-state index contributed by atoms with van der Waals surface area (Å²) in [5.41, 5.74) is 1.79. The number of aromatic nitrogens is 1. The van der Waals surface area contributed by atoms with Gasteiger partial charge in [-0.15, -0.1) is 11.8 Å². The zero-order valence-corrected chi connectivity index (χ0v) is 13.8. The molecule has 0 saturated carbocycles. The Balaban J connectivity index is 1.75. The first kappa shape index (κ1) is 15.7. The van der Waals surface area contributed by atoms with Crippen molar-refractivity contribution in [1.82, 2.24) is 9.88 Å². The first-order valence-electron chi connectivity index (χ1n) is 7.60. The molecule has 5 nitrogen and oxygen atoms in total. The highest BCUT2D eigenvalue weighted by Crippen LogP contribution is 2.38. The van der Waals surface area contributed by atoms with Gasteiger partial charge in [0, 0.05) is 24.7 Å². The number of carbonyl (C=O) groups excluding carboxylic acids is 1. The van der Waals surface area contributed by atoms with Crippen LogP contribution in [-0.4, -0.2) is 34.8 Å². The Hall–Kier alpha value is -2.21. The third kappa shape index (κ3) is 3.59. The number of rotatable bonds is 4. The minimum Gasteiger partial charge on any atom is -0.492 e. The van der Waals surface area contributed by atoms with Crippen LogP contribution in [-0.2, 0) is 0 Å². The highest BCUT2D eigenvalue weighted by molar-refractivity contribution is 7.99. The van der Waals surface area contributed by atoms with Crippen LogP contribution in [0.25, 0.3) is 0 Å². The molecule has 0 spiro atoms. The summed E-state index contributed by atoms with van der Waals surface area (Å²) in [6.07, 6.45) is 3.52. The molecular weight excluding hydrogens is 310 g/mol. The van der Waals surface area contributed by atoms with E-state index in [4.69, 9.17) is 4.74 Å². The lowest BCUT2D eigenvalue weighted by Gasteiger charge is -2.24. The van der Waals surface area contributed by atoms with Crippen LogP contribution in [0.5, 0.6) is 5.75 Å². The molecule has 0 aliphatic carbocycles. The average Bonchev–Trinajstić information content (AvgIpc) is 3.07. The summed E-state index contributed by atoms with van der Waals surface area (Å²) < 4.78 is 5.57. The summed E-state index contributed by atoms with van der Waals surface area (Å²) in [7, 11) is 0. The predicted molar refractivity (Wildman–Crippen MR) is 92.8 cm³/mol. The molecule has 2 aromatic rings. The van der Waals surface area contributed by atoms with Crippen LogP contribution in [0.1, 0.15) is 17.9 Å². The van der Waals surface area contributed by atoms with E-state index in [9.17, 15) is 4.79 Å². The van der Waals surface area contributed by atoms with E-state index in [1.165, 1.54) is 0 Å². The Labute approximate surface area is 140 Å². The standard InChI is InChI=1S/C17H19N3O2S/c1-2-22-15-6-4-3-5-14(15)19-17(21)20-11-12-23-16(20)13-7-9-18-10-8-13/h3-10,16H,2,11-12H2,1H3,(H,19,21). The Morgan fingerprint density at radius 3 is 2.91 bits per heavy atom. The fourth-order valence-electron chi connectivity index (χ4n) is 2.52. The Morgan fingerprint density at radius 2 is 2.13 bits per heavy atom. The van der Waals surface area contributed by atoms with Crippen LogP contribution >= 0.6 is 11.8 Å². The molecule has 1 saturated heterocycles. The van der Waals surface area contributed by atoms with Crippen molar-refractivity contribution >= 4 is 23.5 Å². The van der Waals surface area contributed by atoms with E-state index in [2.05, 4.69) is 10.3 Å². The zero-order valence-electron chi connectivity index (χ0n) is 12.9. The highest BCUT2D eigenvalue weighted by atomic mass is 32.2. The van der Waals surface area contributed by atoms with Crippen LogP contribution in [0.15, 0.2) is 48.8 Å². The smallest absolute Gasteiger partial charge is 0.323 e. The molecule has 0 bridgehead atoms. The summed E-state index contributed by atoms with van der Waals surface area (Å²) in [6.45, 7) is 3.21. The van der Waals surface area contributed by atoms with Gasteiger partial charge >= 0.3 is 6.03 Å². The van der Waals surface area contributed by atoms with Gasteiger partial charge in [-0.3, -0.25) is 4.98 Å². The number of nitrogens with zero attached hydrogens (tertiary/aromatic N) is 2. The second-order valence-corrected chi connectivity index (χ2v) is 6.24. The van der Waals surface area contributed by atoms with E-state index in [0.29, 0.717) is 18.0 Å². The molecule has 1 fully saturated rings. The van der Waals surface area contributed by atoms with Crippen molar-refractivity contribution in [3.8, 4) is 5.75 Å². The van der Waals surface area contributed by atoms with Crippen molar-refractivity contribution in [3.05, 3.63) is 54.4 Å². The van der Waals surface area contributed by atoms with Gasteiger partial charge in [-0.05, 0) is 36.8 Å². The number of thioether (sulfide) groups is 1. The summed E-state index contributed by atoms with van der Waals surface area (Å²) in [6, 6.07) is 11.3. The maximum Gasteiger partial charge on any atom is 0.323 e. The number of nitrogens with one attached hydrogen (secondary N) is 1. The largest absolute Gasteiger partial charge is 0.492 e. The van der Waals surface area contributed by atoms with Crippen molar-refractivity contribution < 1.29 is 9.53 Å². The summed E-state index contributed by atoms with van der Waals surface area (Å²) in [5, 5.41) is 3.00. The number of urea groups is 1. The van der Waals surface area contributed by atoms with Crippen molar-refractivity contribution in [1.29, 1.82) is 0 Å². The number of pyridine rings is 1. The third-order valence-corrected chi connectivity index (χ3v) is 4.83. The number of carbonyl (C=O) groups is 1. The van der Waals surface area contributed by atoms with E-state index < -0.39 is 0 Å². The topological polar surface area (TPSA) is 54.5 Å². The molecule has 1 unspecified atom stereocenters. The zero-order chi connectivity index (χ0) is 16.1. The van der Waals surface area contributed by atoms with Crippen LogP contribution < -0.4 is 10.1 Å². The van der Waals surface area contributed by atoms with Crippen LogP contribution in [0.4, 0.5) is 10.5 Å². The fraction of sp³-hybridized carbons (Fsp3) is 0.294. The van der Waals surface area contributed by atoms with E-state index in [-0.39, 0.29) is 11.4 Å². The van der Waals surface area contributed by atoms with Crippen LogP contribution in [0.3, 0.4) is 0 Å². The molecule has 1 aliphatic rings. The molecule has 2 amide bonds. The Bertz CT molecular complexity index is 666. The van der Waals surface area contributed by atoms with Gasteiger partial charge in [-0.25, -0.2) is 4.79 Å². The molecular formula is C17H19N3O2S. The molecule has 1 aromatic heterocycles. The normalized spacial score (nSPS) is 17.1. The minimum atomic E-state index is -0.107. The Morgan fingerprint density at radius 1 is 1.35 bits per heavy atom. The number of ether oxygens (including phenoxy) is 1. The molecule has 1 aromatic carbocycles. The molecule has 23 heavy (non-hydrogen) atoms. The van der Waals surface area contributed by atoms with Gasteiger partial charge < -0.3 is 15.0 Å².